The molecule has 0 aromatic carbocycles. The van der Waals surface area contributed by atoms with E-state index >= 15 is 0 Å². The van der Waals surface area contributed by atoms with E-state index in [0.29, 0.717) is 0 Å². The number of carboxylic acids is 4. The molecule has 0 rings (SSSR count). The fourth-order valence-corrected chi connectivity index (χ4v) is 0.428. The molecule has 0 amide bonds. The third kappa shape index (κ3) is 31.4. The van der Waals surface area contributed by atoms with E-state index in [1.54, 1.807) is 0 Å². The Morgan fingerprint density at radius 1 is 0.529 bits per heavy atom. The van der Waals surface area contributed by atoms with E-state index in [2.05, 4.69) is 0 Å². The fraction of sp³-hybridized carbons (Fsp3) is 0.500. The van der Waals surface area contributed by atoms with Crippen LogP contribution in [0, 0.1) is 0 Å². The molecule has 0 bridgehead atoms. The smallest absolute Gasteiger partial charge is 0.303 e. The van der Waals surface area contributed by atoms with Crippen molar-refractivity contribution in [1.82, 2.24) is 0 Å². The Hall–Kier alpha value is -1.69. The summed E-state index contributed by atoms with van der Waals surface area (Å²) in [5, 5.41) is 31.6. The zero-order chi connectivity index (χ0) is 13.1. The summed E-state index contributed by atoms with van der Waals surface area (Å²) in [6.07, 6.45) is -1.19. The maximum absolute atomic E-state index is 9.64. The van der Waals surface area contributed by atoms with Crippen molar-refractivity contribution in [2.45, 2.75) is 25.7 Å². The Labute approximate surface area is 99.9 Å². The molecule has 0 saturated heterocycles. The molecular weight excluding hydrogens is 255 g/mol. The van der Waals surface area contributed by atoms with Crippen LogP contribution in [0.15, 0.2) is 0 Å². The predicted octanol–water partition coefficient (Wildman–Crippen LogP) is -0.0703. The lowest BCUT2D eigenvalue weighted by Gasteiger charge is -1.85. The SMILES string of the molecule is O=C(O)CCC(=O)O.O=C(O)CCC(=O)O.P. The van der Waals surface area contributed by atoms with Gasteiger partial charge in [-0.25, -0.2) is 0 Å². The van der Waals surface area contributed by atoms with Gasteiger partial charge in [-0.1, -0.05) is 0 Å². The predicted molar refractivity (Wildman–Crippen MR) is 60.1 cm³/mol. The van der Waals surface area contributed by atoms with E-state index in [9.17, 15) is 19.2 Å². The molecule has 0 aliphatic heterocycles. The number of rotatable bonds is 6. The van der Waals surface area contributed by atoms with Crippen molar-refractivity contribution in [3.8, 4) is 0 Å². The molecule has 1 atom stereocenters. The highest BCUT2D eigenvalue weighted by atomic mass is 31.0. The van der Waals surface area contributed by atoms with Gasteiger partial charge in [-0.3, -0.25) is 19.2 Å². The van der Waals surface area contributed by atoms with Crippen LogP contribution in [0.4, 0.5) is 0 Å². The molecule has 0 spiro atoms. The third-order valence-electron chi connectivity index (χ3n) is 1.11. The molecular formula is C8H15O8P. The number of carboxylic acid groups (broad SMARTS) is 4. The van der Waals surface area contributed by atoms with Crippen molar-refractivity contribution in [2.24, 2.45) is 0 Å². The van der Waals surface area contributed by atoms with Crippen molar-refractivity contribution in [3.63, 3.8) is 0 Å². The van der Waals surface area contributed by atoms with E-state index in [4.69, 9.17) is 20.4 Å². The van der Waals surface area contributed by atoms with Gasteiger partial charge < -0.3 is 20.4 Å². The van der Waals surface area contributed by atoms with E-state index in [1.807, 2.05) is 0 Å². The molecule has 0 aromatic heterocycles. The van der Waals surface area contributed by atoms with Gasteiger partial charge in [-0.05, 0) is 0 Å². The standard InChI is InChI=1S/2C4H6O4.H3P/c2*5-3(6)1-2-4(7)8;/h2*1-2H2,(H,5,6)(H,7,8);1H3. The summed E-state index contributed by atoms with van der Waals surface area (Å²) in [5.41, 5.74) is 0. The van der Waals surface area contributed by atoms with Crippen LogP contribution < -0.4 is 0 Å². The topological polar surface area (TPSA) is 149 Å². The number of aliphatic carboxylic acids is 4. The lowest BCUT2D eigenvalue weighted by atomic mass is 10.3. The minimum atomic E-state index is -1.08. The summed E-state index contributed by atoms with van der Waals surface area (Å²) < 4.78 is 0. The van der Waals surface area contributed by atoms with Gasteiger partial charge in [0.05, 0.1) is 25.7 Å². The van der Waals surface area contributed by atoms with E-state index in [-0.39, 0.29) is 35.6 Å². The van der Waals surface area contributed by atoms with E-state index in [1.165, 1.54) is 0 Å². The first-order valence-corrected chi connectivity index (χ1v) is 4.13. The van der Waals surface area contributed by atoms with Crippen LogP contribution in [-0.2, 0) is 19.2 Å². The quantitative estimate of drug-likeness (QED) is 0.490. The second kappa shape index (κ2) is 12.4. The van der Waals surface area contributed by atoms with Crippen molar-refractivity contribution in [2.75, 3.05) is 0 Å². The molecule has 9 heteroatoms. The molecule has 0 saturated carbocycles. The average Bonchev–Trinajstić information content (AvgIpc) is 2.12. The molecule has 0 radical (unpaired) electrons. The molecule has 100 valence electrons. The number of hydrogen-bond donors (Lipinski definition) is 4. The lowest BCUT2D eigenvalue weighted by Crippen LogP contribution is -2.00. The summed E-state index contributed by atoms with van der Waals surface area (Å²) >= 11 is 0. The average molecular weight is 270 g/mol. The Morgan fingerprint density at radius 3 is 0.706 bits per heavy atom. The highest BCUT2D eigenvalue weighted by Gasteiger charge is 2.00. The maximum Gasteiger partial charge on any atom is 0.303 e. The van der Waals surface area contributed by atoms with Crippen molar-refractivity contribution < 1.29 is 39.6 Å². The molecule has 0 heterocycles. The van der Waals surface area contributed by atoms with Crippen LogP contribution >= 0.6 is 9.90 Å². The summed E-state index contributed by atoms with van der Waals surface area (Å²) in [4.78, 5) is 38.6. The van der Waals surface area contributed by atoms with Crippen molar-refractivity contribution in [3.05, 3.63) is 0 Å². The molecule has 1 unspecified atom stereocenters. The Kier molecular flexibility index (Phi) is 15.1. The second-order valence-corrected chi connectivity index (χ2v) is 2.57. The van der Waals surface area contributed by atoms with Gasteiger partial charge in [0.1, 0.15) is 0 Å². The molecule has 0 aliphatic rings. The summed E-state index contributed by atoms with van der Waals surface area (Å²) in [5.74, 6) is -4.31. The van der Waals surface area contributed by atoms with Crippen LogP contribution in [0.25, 0.3) is 0 Å². The largest absolute Gasteiger partial charge is 0.481 e. The number of carbonyl (C=O) groups is 4. The minimum Gasteiger partial charge on any atom is -0.481 e. The number of hydrogen-bond acceptors (Lipinski definition) is 4. The van der Waals surface area contributed by atoms with Crippen molar-refractivity contribution >= 4 is 33.8 Å². The first kappa shape index (κ1) is 20.7. The van der Waals surface area contributed by atoms with Crippen LogP contribution in [-0.4, -0.2) is 44.3 Å². The molecule has 0 fully saturated rings. The summed E-state index contributed by atoms with van der Waals surface area (Å²) in [7, 11) is 0. The van der Waals surface area contributed by atoms with Gasteiger partial charge in [-0.15, -0.1) is 0 Å². The maximum atomic E-state index is 9.64. The molecule has 8 nitrogen and oxygen atoms in total. The van der Waals surface area contributed by atoms with Gasteiger partial charge in [0.25, 0.3) is 0 Å². The van der Waals surface area contributed by atoms with Gasteiger partial charge in [-0.2, -0.15) is 9.90 Å². The van der Waals surface area contributed by atoms with Crippen LogP contribution in [0.1, 0.15) is 25.7 Å². The molecule has 17 heavy (non-hydrogen) atoms. The normalized spacial score (nSPS) is 8.00. The third-order valence-corrected chi connectivity index (χ3v) is 1.11. The zero-order valence-corrected chi connectivity index (χ0v) is 10.4. The minimum absolute atomic E-state index is 0. The zero-order valence-electron chi connectivity index (χ0n) is 8.96. The fourth-order valence-electron chi connectivity index (χ4n) is 0.428. The van der Waals surface area contributed by atoms with E-state index in [0.717, 1.165) is 0 Å². The Morgan fingerprint density at radius 2 is 0.647 bits per heavy atom. The molecule has 0 aliphatic carbocycles. The second-order valence-electron chi connectivity index (χ2n) is 2.57. The Balaban J connectivity index is -0.000000218. The summed E-state index contributed by atoms with van der Waals surface area (Å²) in [6.45, 7) is 0. The van der Waals surface area contributed by atoms with Crippen molar-refractivity contribution in [1.29, 1.82) is 0 Å². The Bertz CT molecular complexity index is 219. The van der Waals surface area contributed by atoms with Crippen LogP contribution in [0.3, 0.4) is 0 Å². The van der Waals surface area contributed by atoms with Crippen LogP contribution in [0.2, 0.25) is 0 Å². The van der Waals surface area contributed by atoms with Gasteiger partial charge in [0.15, 0.2) is 0 Å². The first-order chi connectivity index (χ1) is 7.25. The van der Waals surface area contributed by atoms with Gasteiger partial charge in [0.2, 0.25) is 0 Å². The summed E-state index contributed by atoms with van der Waals surface area (Å²) in [6, 6.07) is 0. The molecule has 0 aromatic rings. The monoisotopic (exact) mass is 270 g/mol. The van der Waals surface area contributed by atoms with Gasteiger partial charge >= 0.3 is 23.9 Å². The highest BCUT2D eigenvalue weighted by Crippen LogP contribution is 1.86. The molecule has 4 N–H and O–H groups in total. The van der Waals surface area contributed by atoms with Crippen LogP contribution in [0.5, 0.6) is 0 Å². The lowest BCUT2D eigenvalue weighted by molar-refractivity contribution is -0.143. The highest BCUT2D eigenvalue weighted by molar-refractivity contribution is 6.92. The first-order valence-electron chi connectivity index (χ1n) is 4.13. The van der Waals surface area contributed by atoms with E-state index < -0.39 is 23.9 Å². The van der Waals surface area contributed by atoms with Gasteiger partial charge in [0, 0.05) is 0 Å².